The molecule has 0 spiro atoms. The van der Waals surface area contributed by atoms with Crippen LogP contribution in [0.5, 0.6) is 0 Å². The maximum absolute atomic E-state index is 6.34. The predicted octanol–water partition coefficient (Wildman–Crippen LogP) is 3.88. The van der Waals surface area contributed by atoms with Crippen LogP contribution in [0, 0.1) is 6.92 Å². The van der Waals surface area contributed by atoms with Gasteiger partial charge in [-0.25, -0.2) is 0 Å². The van der Waals surface area contributed by atoms with Gasteiger partial charge in [-0.3, -0.25) is 0 Å². The van der Waals surface area contributed by atoms with Crippen molar-refractivity contribution in [3.63, 3.8) is 0 Å². The third-order valence-electron chi connectivity index (χ3n) is 3.48. The summed E-state index contributed by atoms with van der Waals surface area (Å²) in [5, 5.41) is 5.10. The summed E-state index contributed by atoms with van der Waals surface area (Å²) < 4.78 is 0. The van der Waals surface area contributed by atoms with Crippen LogP contribution in [0.4, 0.5) is 5.69 Å². The molecule has 4 heteroatoms. The SMILES string of the molecule is CCNC1CCCN(c2cc(Cl)c(C)cc2Cl)C1. The molecular weight excluding hydrogens is 267 g/mol. The highest BCUT2D eigenvalue weighted by molar-refractivity contribution is 6.35. The second-order valence-corrected chi connectivity index (χ2v) is 5.71. The minimum Gasteiger partial charge on any atom is -0.369 e. The fourth-order valence-corrected chi connectivity index (χ4v) is 3.03. The van der Waals surface area contributed by atoms with E-state index in [1.54, 1.807) is 0 Å². The average Bonchev–Trinajstić information content (AvgIpc) is 2.34. The van der Waals surface area contributed by atoms with Crippen molar-refractivity contribution >= 4 is 28.9 Å². The molecule has 1 aliphatic heterocycles. The molecule has 0 aromatic heterocycles. The summed E-state index contributed by atoms with van der Waals surface area (Å²) >= 11 is 12.5. The van der Waals surface area contributed by atoms with Gasteiger partial charge in [-0.05, 0) is 44.0 Å². The van der Waals surface area contributed by atoms with Crippen LogP contribution in [-0.2, 0) is 0 Å². The molecule has 0 saturated carbocycles. The summed E-state index contributed by atoms with van der Waals surface area (Å²) in [7, 11) is 0. The van der Waals surface area contributed by atoms with Crippen LogP contribution in [-0.4, -0.2) is 25.7 Å². The van der Waals surface area contributed by atoms with Gasteiger partial charge in [0.2, 0.25) is 0 Å². The molecule has 1 atom stereocenters. The first-order valence-corrected chi connectivity index (χ1v) is 7.31. The minimum absolute atomic E-state index is 0.555. The van der Waals surface area contributed by atoms with Crippen molar-refractivity contribution in [2.24, 2.45) is 0 Å². The van der Waals surface area contributed by atoms with Crippen molar-refractivity contribution in [1.29, 1.82) is 0 Å². The number of hydrogen-bond acceptors (Lipinski definition) is 2. The van der Waals surface area contributed by atoms with Crippen LogP contribution in [0.25, 0.3) is 0 Å². The van der Waals surface area contributed by atoms with E-state index in [1.807, 2.05) is 19.1 Å². The summed E-state index contributed by atoms with van der Waals surface area (Å²) in [6.45, 7) is 7.21. The Morgan fingerprint density at radius 3 is 2.83 bits per heavy atom. The topological polar surface area (TPSA) is 15.3 Å². The number of nitrogens with one attached hydrogen (secondary N) is 1. The molecule has 2 nitrogen and oxygen atoms in total. The van der Waals surface area contributed by atoms with Gasteiger partial charge >= 0.3 is 0 Å². The first-order valence-electron chi connectivity index (χ1n) is 6.55. The van der Waals surface area contributed by atoms with E-state index in [-0.39, 0.29) is 0 Å². The van der Waals surface area contributed by atoms with Crippen molar-refractivity contribution in [3.8, 4) is 0 Å². The maximum Gasteiger partial charge on any atom is 0.0643 e. The van der Waals surface area contributed by atoms with Gasteiger partial charge in [0.15, 0.2) is 0 Å². The molecule has 1 N–H and O–H groups in total. The molecule has 2 rings (SSSR count). The predicted molar refractivity (Wildman–Crippen MR) is 80.1 cm³/mol. The van der Waals surface area contributed by atoms with Gasteiger partial charge in [0.25, 0.3) is 0 Å². The quantitative estimate of drug-likeness (QED) is 0.907. The summed E-state index contributed by atoms with van der Waals surface area (Å²) in [5.74, 6) is 0. The molecule has 1 aromatic carbocycles. The lowest BCUT2D eigenvalue weighted by molar-refractivity contribution is 0.431. The third-order valence-corrected chi connectivity index (χ3v) is 4.19. The molecule has 0 bridgehead atoms. The van der Waals surface area contributed by atoms with Crippen LogP contribution < -0.4 is 10.2 Å². The molecule has 100 valence electrons. The first-order chi connectivity index (χ1) is 8.61. The lowest BCUT2D eigenvalue weighted by Gasteiger charge is -2.35. The summed E-state index contributed by atoms with van der Waals surface area (Å²) in [4.78, 5) is 2.34. The van der Waals surface area contributed by atoms with Gasteiger partial charge in [0, 0.05) is 24.2 Å². The molecule has 1 heterocycles. The van der Waals surface area contributed by atoms with Crippen LogP contribution >= 0.6 is 23.2 Å². The molecule has 0 aliphatic carbocycles. The molecule has 18 heavy (non-hydrogen) atoms. The van der Waals surface area contributed by atoms with E-state index in [1.165, 1.54) is 12.8 Å². The van der Waals surface area contributed by atoms with Crippen LogP contribution in [0.2, 0.25) is 10.0 Å². The Labute approximate surface area is 119 Å². The van der Waals surface area contributed by atoms with E-state index in [0.717, 1.165) is 40.9 Å². The smallest absolute Gasteiger partial charge is 0.0643 e. The van der Waals surface area contributed by atoms with Crippen molar-refractivity contribution in [3.05, 3.63) is 27.7 Å². The Kier molecular flexibility index (Phi) is 4.77. The number of piperidine rings is 1. The highest BCUT2D eigenvalue weighted by Gasteiger charge is 2.21. The molecule has 1 unspecified atom stereocenters. The number of nitrogens with zero attached hydrogens (tertiary/aromatic N) is 1. The standard InChI is InChI=1S/C14H20Cl2N2/c1-3-17-11-5-4-6-18(9-11)14-8-12(15)10(2)7-13(14)16/h7-8,11,17H,3-6,9H2,1-2H3. The highest BCUT2D eigenvalue weighted by atomic mass is 35.5. The van der Waals surface area contributed by atoms with Crippen LogP contribution in [0.15, 0.2) is 12.1 Å². The Morgan fingerprint density at radius 1 is 1.33 bits per heavy atom. The number of rotatable bonds is 3. The van der Waals surface area contributed by atoms with E-state index in [2.05, 4.69) is 17.1 Å². The lowest BCUT2D eigenvalue weighted by Crippen LogP contribution is -2.45. The Balaban J connectivity index is 2.18. The monoisotopic (exact) mass is 286 g/mol. The van der Waals surface area contributed by atoms with Gasteiger partial charge < -0.3 is 10.2 Å². The zero-order valence-corrected chi connectivity index (χ0v) is 12.5. The average molecular weight is 287 g/mol. The number of benzene rings is 1. The summed E-state index contributed by atoms with van der Waals surface area (Å²) in [6, 6.07) is 4.50. The van der Waals surface area contributed by atoms with E-state index >= 15 is 0 Å². The Hall–Kier alpha value is -0.440. The van der Waals surface area contributed by atoms with Crippen LogP contribution in [0.1, 0.15) is 25.3 Å². The molecule has 1 aliphatic rings. The van der Waals surface area contributed by atoms with Crippen molar-refractivity contribution in [1.82, 2.24) is 5.32 Å². The number of halogens is 2. The van der Waals surface area contributed by atoms with Gasteiger partial charge in [0.05, 0.1) is 10.7 Å². The van der Waals surface area contributed by atoms with Gasteiger partial charge in [-0.15, -0.1) is 0 Å². The van der Waals surface area contributed by atoms with E-state index < -0.39 is 0 Å². The lowest BCUT2D eigenvalue weighted by atomic mass is 10.0. The van der Waals surface area contributed by atoms with Gasteiger partial charge in [0.1, 0.15) is 0 Å². The summed E-state index contributed by atoms with van der Waals surface area (Å²) in [5.41, 5.74) is 2.10. The Bertz CT molecular complexity index is 419. The second kappa shape index (κ2) is 6.14. The van der Waals surface area contributed by atoms with Crippen LogP contribution in [0.3, 0.4) is 0 Å². The number of likely N-dealkylation sites (N-methyl/N-ethyl adjacent to an activating group) is 1. The molecule has 1 fully saturated rings. The molecule has 1 aromatic rings. The molecule has 0 radical (unpaired) electrons. The maximum atomic E-state index is 6.34. The second-order valence-electron chi connectivity index (χ2n) is 4.90. The minimum atomic E-state index is 0.555. The fourth-order valence-electron chi connectivity index (χ4n) is 2.53. The van der Waals surface area contributed by atoms with Crippen molar-refractivity contribution < 1.29 is 0 Å². The number of hydrogen-bond donors (Lipinski definition) is 1. The normalized spacial score (nSPS) is 20.2. The molecule has 0 amide bonds. The largest absolute Gasteiger partial charge is 0.369 e. The highest BCUT2D eigenvalue weighted by Crippen LogP contribution is 2.33. The zero-order chi connectivity index (χ0) is 13.1. The van der Waals surface area contributed by atoms with E-state index in [4.69, 9.17) is 23.2 Å². The Morgan fingerprint density at radius 2 is 2.11 bits per heavy atom. The van der Waals surface area contributed by atoms with Crippen molar-refractivity contribution in [2.75, 3.05) is 24.5 Å². The zero-order valence-electron chi connectivity index (χ0n) is 11.0. The number of aryl methyl sites for hydroxylation is 1. The first kappa shape index (κ1) is 14.0. The van der Waals surface area contributed by atoms with E-state index in [0.29, 0.717) is 6.04 Å². The van der Waals surface area contributed by atoms with Crippen molar-refractivity contribution in [2.45, 2.75) is 32.7 Å². The summed E-state index contributed by atoms with van der Waals surface area (Å²) in [6.07, 6.45) is 2.43. The number of anilines is 1. The molecular formula is C14H20Cl2N2. The molecule has 1 saturated heterocycles. The van der Waals surface area contributed by atoms with Gasteiger partial charge in [-0.2, -0.15) is 0 Å². The third kappa shape index (κ3) is 3.11. The fraction of sp³-hybridized carbons (Fsp3) is 0.571. The van der Waals surface area contributed by atoms with E-state index in [9.17, 15) is 0 Å². The van der Waals surface area contributed by atoms with Gasteiger partial charge in [-0.1, -0.05) is 30.1 Å².